The number of rotatable bonds is 5. The Morgan fingerprint density at radius 3 is 2.62 bits per heavy atom. The maximum Gasteiger partial charge on any atom is 0.253 e. The molecule has 1 aromatic carbocycles. The molecule has 5 heteroatoms. The van der Waals surface area contributed by atoms with Gasteiger partial charge >= 0.3 is 0 Å². The zero-order chi connectivity index (χ0) is 15.2. The Bertz CT molecular complexity index is 485. The normalized spacial score (nSPS) is 22.0. The van der Waals surface area contributed by atoms with Crippen molar-refractivity contribution < 1.29 is 9.90 Å². The summed E-state index contributed by atoms with van der Waals surface area (Å²) in [5.74, 6) is -0.155. The van der Waals surface area contributed by atoms with Crippen LogP contribution in [-0.2, 0) is 0 Å². The van der Waals surface area contributed by atoms with Crippen LogP contribution in [0, 0.1) is 0 Å². The second-order valence-electron chi connectivity index (χ2n) is 5.64. The van der Waals surface area contributed by atoms with E-state index in [9.17, 15) is 9.90 Å². The van der Waals surface area contributed by atoms with Gasteiger partial charge in [0.2, 0.25) is 0 Å². The van der Waals surface area contributed by atoms with Crippen molar-refractivity contribution in [2.45, 2.75) is 51.1 Å². The topological polar surface area (TPSA) is 61.4 Å². The minimum absolute atomic E-state index is 0.0528. The SMILES string of the molecule is CCCNC1CCC(NC(=O)c2cc(O)ccc2Cl)CC1. The van der Waals surface area contributed by atoms with Crippen LogP contribution in [0.3, 0.4) is 0 Å². The highest BCUT2D eigenvalue weighted by atomic mass is 35.5. The summed E-state index contributed by atoms with van der Waals surface area (Å²) in [6.45, 7) is 3.22. The summed E-state index contributed by atoms with van der Waals surface area (Å²) < 4.78 is 0. The molecule has 0 spiro atoms. The molecule has 1 saturated carbocycles. The number of phenols is 1. The van der Waals surface area contributed by atoms with E-state index < -0.39 is 0 Å². The van der Waals surface area contributed by atoms with E-state index >= 15 is 0 Å². The van der Waals surface area contributed by atoms with Crippen molar-refractivity contribution >= 4 is 17.5 Å². The summed E-state index contributed by atoms with van der Waals surface area (Å²) in [7, 11) is 0. The molecule has 0 unspecified atom stereocenters. The molecule has 0 saturated heterocycles. The molecule has 1 aromatic rings. The monoisotopic (exact) mass is 310 g/mol. The summed E-state index contributed by atoms with van der Waals surface area (Å²) in [5.41, 5.74) is 0.336. The number of carbonyl (C=O) groups excluding carboxylic acids is 1. The second-order valence-corrected chi connectivity index (χ2v) is 6.05. The molecule has 0 radical (unpaired) electrons. The molecular weight excluding hydrogens is 288 g/mol. The van der Waals surface area contributed by atoms with Crippen LogP contribution < -0.4 is 10.6 Å². The molecule has 1 aliphatic carbocycles. The molecule has 0 aliphatic heterocycles. The Kier molecular flexibility index (Phi) is 5.88. The lowest BCUT2D eigenvalue weighted by molar-refractivity contribution is 0.0924. The van der Waals surface area contributed by atoms with E-state index in [0.29, 0.717) is 16.6 Å². The lowest BCUT2D eigenvalue weighted by Crippen LogP contribution is -2.42. The van der Waals surface area contributed by atoms with Crippen molar-refractivity contribution in [1.29, 1.82) is 0 Å². The van der Waals surface area contributed by atoms with Crippen LogP contribution in [0.15, 0.2) is 18.2 Å². The largest absolute Gasteiger partial charge is 0.508 e. The minimum atomic E-state index is -0.208. The Labute approximate surface area is 130 Å². The number of halogens is 1. The van der Waals surface area contributed by atoms with Gasteiger partial charge in [0.25, 0.3) is 5.91 Å². The predicted octanol–water partition coefficient (Wildman–Crippen LogP) is 3.09. The van der Waals surface area contributed by atoms with Gasteiger partial charge in [-0.2, -0.15) is 0 Å². The smallest absolute Gasteiger partial charge is 0.253 e. The highest BCUT2D eigenvalue weighted by molar-refractivity contribution is 6.33. The lowest BCUT2D eigenvalue weighted by Gasteiger charge is -2.29. The highest BCUT2D eigenvalue weighted by Gasteiger charge is 2.23. The van der Waals surface area contributed by atoms with E-state index in [1.54, 1.807) is 0 Å². The van der Waals surface area contributed by atoms with Crippen LogP contribution in [0.4, 0.5) is 0 Å². The molecule has 0 atom stereocenters. The van der Waals surface area contributed by atoms with E-state index in [0.717, 1.165) is 38.6 Å². The lowest BCUT2D eigenvalue weighted by atomic mass is 9.91. The first-order chi connectivity index (χ1) is 10.1. The molecule has 4 nitrogen and oxygen atoms in total. The molecule has 2 rings (SSSR count). The fourth-order valence-corrected chi connectivity index (χ4v) is 2.94. The van der Waals surface area contributed by atoms with Crippen LogP contribution in [-0.4, -0.2) is 29.6 Å². The second kappa shape index (κ2) is 7.66. The third-order valence-corrected chi connectivity index (χ3v) is 4.27. The first kappa shape index (κ1) is 16.1. The zero-order valence-corrected chi connectivity index (χ0v) is 13.1. The molecule has 1 amide bonds. The summed E-state index contributed by atoms with van der Waals surface area (Å²) in [5, 5.41) is 16.4. The number of hydrogen-bond donors (Lipinski definition) is 3. The van der Waals surface area contributed by atoms with Crippen LogP contribution in [0.1, 0.15) is 49.4 Å². The van der Waals surface area contributed by atoms with Crippen molar-refractivity contribution in [3.05, 3.63) is 28.8 Å². The number of phenolic OH excluding ortho intramolecular Hbond substituents is 1. The highest BCUT2D eigenvalue weighted by Crippen LogP contribution is 2.23. The van der Waals surface area contributed by atoms with Crippen LogP contribution in [0.5, 0.6) is 5.75 Å². The van der Waals surface area contributed by atoms with Crippen LogP contribution >= 0.6 is 11.6 Å². The van der Waals surface area contributed by atoms with E-state index in [1.165, 1.54) is 18.2 Å². The Morgan fingerprint density at radius 1 is 1.29 bits per heavy atom. The Balaban J connectivity index is 1.85. The average Bonchev–Trinajstić information content (AvgIpc) is 2.49. The minimum Gasteiger partial charge on any atom is -0.508 e. The molecule has 1 aliphatic rings. The molecule has 0 heterocycles. The van der Waals surface area contributed by atoms with Crippen molar-refractivity contribution in [1.82, 2.24) is 10.6 Å². The van der Waals surface area contributed by atoms with Gasteiger partial charge in [-0.3, -0.25) is 4.79 Å². The van der Waals surface area contributed by atoms with Crippen molar-refractivity contribution in [3.63, 3.8) is 0 Å². The van der Waals surface area contributed by atoms with E-state index in [1.807, 2.05) is 0 Å². The first-order valence-corrected chi connectivity index (χ1v) is 8.00. The zero-order valence-electron chi connectivity index (χ0n) is 12.4. The number of nitrogens with one attached hydrogen (secondary N) is 2. The molecule has 21 heavy (non-hydrogen) atoms. The molecule has 1 fully saturated rings. The maximum atomic E-state index is 12.2. The van der Waals surface area contributed by atoms with E-state index in [4.69, 9.17) is 11.6 Å². The van der Waals surface area contributed by atoms with Crippen molar-refractivity contribution in [3.8, 4) is 5.75 Å². The standard InChI is InChI=1S/C16H23ClN2O2/c1-2-9-18-11-3-5-12(6-4-11)19-16(21)14-10-13(20)7-8-15(14)17/h7-8,10-12,18,20H,2-6,9H2,1H3,(H,19,21). The molecule has 116 valence electrons. The molecule has 3 N–H and O–H groups in total. The number of amides is 1. The van der Waals surface area contributed by atoms with Crippen molar-refractivity contribution in [2.24, 2.45) is 0 Å². The van der Waals surface area contributed by atoms with E-state index in [2.05, 4.69) is 17.6 Å². The number of hydrogen-bond acceptors (Lipinski definition) is 3. The Hall–Kier alpha value is -1.26. The molecular formula is C16H23ClN2O2. The summed E-state index contributed by atoms with van der Waals surface area (Å²) in [4.78, 5) is 12.2. The van der Waals surface area contributed by atoms with Gasteiger partial charge in [-0.05, 0) is 56.8 Å². The first-order valence-electron chi connectivity index (χ1n) is 7.63. The van der Waals surface area contributed by atoms with Gasteiger partial charge in [0, 0.05) is 12.1 Å². The summed E-state index contributed by atoms with van der Waals surface area (Å²) in [6.07, 6.45) is 5.26. The number of benzene rings is 1. The maximum absolute atomic E-state index is 12.2. The third kappa shape index (κ3) is 4.61. The van der Waals surface area contributed by atoms with Gasteiger partial charge in [-0.1, -0.05) is 18.5 Å². The van der Waals surface area contributed by atoms with Gasteiger partial charge in [0.15, 0.2) is 0 Å². The molecule has 0 bridgehead atoms. The fraction of sp³-hybridized carbons (Fsp3) is 0.562. The summed E-state index contributed by atoms with van der Waals surface area (Å²) >= 11 is 6.01. The van der Waals surface area contributed by atoms with Crippen LogP contribution in [0.25, 0.3) is 0 Å². The van der Waals surface area contributed by atoms with Crippen molar-refractivity contribution in [2.75, 3.05) is 6.54 Å². The third-order valence-electron chi connectivity index (χ3n) is 3.94. The average molecular weight is 311 g/mol. The van der Waals surface area contributed by atoms with Gasteiger partial charge in [0.05, 0.1) is 10.6 Å². The Morgan fingerprint density at radius 2 is 1.95 bits per heavy atom. The number of aromatic hydroxyl groups is 1. The van der Waals surface area contributed by atoms with E-state index in [-0.39, 0.29) is 17.7 Å². The molecule has 0 aromatic heterocycles. The summed E-state index contributed by atoms with van der Waals surface area (Å²) in [6, 6.07) is 5.19. The van der Waals surface area contributed by atoms with Gasteiger partial charge in [-0.25, -0.2) is 0 Å². The van der Waals surface area contributed by atoms with Crippen LogP contribution in [0.2, 0.25) is 5.02 Å². The van der Waals surface area contributed by atoms with Gasteiger partial charge in [-0.15, -0.1) is 0 Å². The van der Waals surface area contributed by atoms with Gasteiger partial charge < -0.3 is 15.7 Å². The fourth-order valence-electron chi connectivity index (χ4n) is 2.74. The van der Waals surface area contributed by atoms with Gasteiger partial charge in [0.1, 0.15) is 5.75 Å². The predicted molar refractivity (Wildman–Crippen MR) is 84.9 cm³/mol. The quantitative estimate of drug-likeness (QED) is 0.783. The number of carbonyl (C=O) groups is 1.